The summed E-state index contributed by atoms with van der Waals surface area (Å²) >= 11 is 3.40. The summed E-state index contributed by atoms with van der Waals surface area (Å²) in [5.41, 5.74) is 1.87. The Morgan fingerprint density at radius 2 is 2.38 bits per heavy atom. The first-order valence-electron chi connectivity index (χ1n) is 7.90. The molecule has 7 heteroatoms. The highest BCUT2D eigenvalue weighted by Gasteiger charge is 2.27. The lowest BCUT2D eigenvalue weighted by Crippen LogP contribution is -2.37. The second kappa shape index (κ2) is 7.44. The Bertz CT molecular complexity index is 728. The number of nitrogens with zero attached hydrogens (tertiary/aromatic N) is 2. The minimum atomic E-state index is -0.311. The second-order valence-electron chi connectivity index (χ2n) is 5.96. The lowest BCUT2D eigenvalue weighted by molar-refractivity contribution is 0.0502. The molecular weight excluding hydrogens is 377 g/mol. The fourth-order valence-corrected chi connectivity index (χ4v) is 3.16. The molecule has 1 fully saturated rings. The van der Waals surface area contributed by atoms with Crippen molar-refractivity contribution in [3.05, 3.63) is 51.5 Å². The molecule has 1 amide bonds. The quantitative estimate of drug-likeness (QED) is 0.843. The molecule has 2 aromatic rings. The van der Waals surface area contributed by atoms with Crippen molar-refractivity contribution in [1.29, 1.82) is 0 Å². The van der Waals surface area contributed by atoms with Crippen LogP contribution in [0.2, 0.25) is 0 Å². The zero-order valence-electron chi connectivity index (χ0n) is 13.4. The van der Waals surface area contributed by atoms with Crippen LogP contribution in [0.4, 0.5) is 4.39 Å². The van der Waals surface area contributed by atoms with E-state index in [1.165, 1.54) is 12.1 Å². The third kappa shape index (κ3) is 3.84. The van der Waals surface area contributed by atoms with E-state index >= 15 is 0 Å². The number of aromatic amines is 1. The fourth-order valence-electron chi connectivity index (χ4n) is 2.82. The van der Waals surface area contributed by atoms with Crippen LogP contribution in [-0.4, -0.2) is 40.3 Å². The van der Waals surface area contributed by atoms with E-state index in [4.69, 9.17) is 4.74 Å². The molecule has 0 unspecified atom stereocenters. The lowest BCUT2D eigenvalue weighted by atomic mass is 10.1. The average Bonchev–Trinajstić information content (AvgIpc) is 3.17. The molecule has 1 aromatic carbocycles. The van der Waals surface area contributed by atoms with Gasteiger partial charge in [-0.2, -0.15) is 5.10 Å². The van der Waals surface area contributed by atoms with Gasteiger partial charge >= 0.3 is 0 Å². The SMILES string of the molecule is Cc1[nH]nc(C(=O)N(Cc2cccc(F)c2)C[C@H]2CCCO2)c1Br. The molecule has 1 saturated heterocycles. The average molecular weight is 396 g/mol. The summed E-state index contributed by atoms with van der Waals surface area (Å²) in [6.45, 7) is 3.34. The second-order valence-corrected chi connectivity index (χ2v) is 6.75. The molecule has 0 spiro atoms. The number of amides is 1. The molecule has 1 aromatic heterocycles. The highest BCUT2D eigenvalue weighted by molar-refractivity contribution is 9.10. The van der Waals surface area contributed by atoms with Crippen molar-refractivity contribution in [2.24, 2.45) is 0 Å². The van der Waals surface area contributed by atoms with E-state index in [2.05, 4.69) is 26.1 Å². The summed E-state index contributed by atoms with van der Waals surface area (Å²) in [5, 5.41) is 6.90. The summed E-state index contributed by atoms with van der Waals surface area (Å²) in [7, 11) is 0. The number of hydrogen-bond acceptors (Lipinski definition) is 3. The Morgan fingerprint density at radius 3 is 3.00 bits per heavy atom. The molecule has 3 rings (SSSR count). The van der Waals surface area contributed by atoms with Gasteiger partial charge in [0, 0.05) is 25.4 Å². The van der Waals surface area contributed by atoms with Gasteiger partial charge in [-0.15, -0.1) is 0 Å². The number of nitrogens with one attached hydrogen (secondary N) is 1. The highest BCUT2D eigenvalue weighted by Crippen LogP contribution is 2.22. The fraction of sp³-hybridized carbons (Fsp3) is 0.412. The van der Waals surface area contributed by atoms with Gasteiger partial charge in [0.1, 0.15) is 5.82 Å². The third-order valence-corrected chi connectivity index (χ3v) is 5.04. The van der Waals surface area contributed by atoms with Crippen molar-refractivity contribution < 1.29 is 13.9 Å². The Hall–Kier alpha value is -1.73. The van der Waals surface area contributed by atoms with Crippen molar-refractivity contribution >= 4 is 21.8 Å². The van der Waals surface area contributed by atoms with Crippen LogP contribution >= 0.6 is 15.9 Å². The Labute approximate surface area is 148 Å². The van der Waals surface area contributed by atoms with E-state index in [-0.39, 0.29) is 17.8 Å². The molecule has 5 nitrogen and oxygen atoms in total. The van der Waals surface area contributed by atoms with E-state index in [0.29, 0.717) is 23.3 Å². The maximum Gasteiger partial charge on any atom is 0.275 e. The maximum atomic E-state index is 13.5. The van der Waals surface area contributed by atoms with Crippen LogP contribution in [-0.2, 0) is 11.3 Å². The topological polar surface area (TPSA) is 58.2 Å². The molecule has 24 heavy (non-hydrogen) atoms. The van der Waals surface area contributed by atoms with Crippen molar-refractivity contribution in [1.82, 2.24) is 15.1 Å². The Morgan fingerprint density at radius 1 is 1.54 bits per heavy atom. The number of ether oxygens (including phenoxy) is 1. The van der Waals surface area contributed by atoms with Crippen LogP contribution in [0.1, 0.15) is 34.6 Å². The molecule has 1 atom stereocenters. The van der Waals surface area contributed by atoms with Crippen LogP contribution in [0, 0.1) is 12.7 Å². The molecule has 128 valence electrons. The van der Waals surface area contributed by atoms with E-state index in [1.54, 1.807) is 11.0 Å². The van der Waals surface area contributed by atoms with Crippen LogP contribution in [0.5, 0.6) is 0 Å². The number of carbonyl (C=O) groups excluding carboxylic acids is 1. The van der Waals surface area contributed by atoms with Gasteiger partial charge in [-0.05, 0) is 53.4 Å². The molecule has 0 saturated carbocycles. The van der Waals surface area contributed by atoms with Crippen LogP contribution in [0.15, 0.2) is 28.7 Å². The van der Waals surface area contributed by atoms with Gasteiger partial charge in [0.05, 0.1) is 10.6 Å². The maximum absolute atomic E-state index is 13.5. The van der Waals surface area contributed by atoms with Crippen molar-refractivity contribution in [2.75, 3.05) is 13.2 Å². The van der Waals surface area contributed by atoms with Crippen LogP contribution < -0.4 is 0 Å². The van der Waals surface area contributed by atoms with E-state index in [0.717, 1.165) is 30.7 Å². The van der Waals surface area contributed by atoms with Gasteiger partial charge in [0.25, 0.3) is 5.91 Å². The minimum Gasteiger partial charge on any atom is -0.376 e. The number of H-pyrrole nitrogens is 1. The summed E-state index contributed by atoms with van der Waals surface area (Å²) in [5.74, 6) is -0.514. The minimum absolute atomic E-state index is 0.0151. The molecule has 1 aliphatic heterocycles. The third-order valence-electron chi connectivity index (χ3n) is 4.07. The van der Waals surface area contributed by atoms with Gasteiger partial charge < -0.3 is 9.64 Å². The van der Waals surface area contributed by atoms with Gasteiger partial charge in [0.2, 0.25) is 0 Å². The molecule has 2 heterocycles. The summed E-state index contributed by atoms with van der Waals surface area (Å²) < 4.78 is 19.8. The largest absolute Gasteiger partial charge is 0.376 e. The van der Waals surface area contributed by atoms with Crippen molar-refractivity contribution in [3.8, 4) is 0 Å². The van der Waals surface area contributed by atoms with Crippen molar-refractivity contribution in [3.63, 3.8) is 0 Å². The predicted octanol–water partition coefficient (Wildman–Crippen LogP) is 3.44. The number of benzene rings is 1. The lowest BCUT2D eigenvalue weighted by Gasteiger charge is -2.25. The number of carbonyl (C=O) groups is 1. The number of halogens is 2. The first-order chi connectivity index (χ1) is 11.5. The number of aryl methyl sites for hydroxylation is 1. The van der Waals surface area contributed by atoms with Gasteiger partial charge in [-0.1, -0.05) is 12.1 Å². The Kier molecular flexibility index (Phi) is 5.30. The first kappa shape index (κ1) is 17.1. The van der Waals surface area contributed by atoms with E-state index in [9.17, 15) is 9.18 Å². The Balaban J connectivity index is 1.83. The number of rotatable bonds is 5. The predicted molar refractivity (Wildman–Crippen MR) is 91.1 cm³/mol. The zero-order valence-corrected chi connectivity index (χ0v) is 15.0. The van der Waals surface area contributed by atoms with Gasteiger partial charge in [-0.25, -0.2) is 4.39 Å². The molecular formula is C17H19BrFN3O2. The normalized spacial score (nSPS) is 17.2. The van der Waals surface area contributed by atoms with E-state index in [1.807, 2.05) is 13.0 Å². The molecule has 0 radical (unpaired) electrons. The summed E-state index contributed by atoms with van der Waals surface area (Å²) in [6.07, 6.45) is 1.94. The number of aromatic nitrogens is 2. The van der Waals surface area contributed by atoms with Gasteiger partial charge in [0.15, 0.2) is 5.69 Å². The first-order valence-corrected chi connectivity index (χ1v) is 8.69. The van der Waals surface area contributed by atoms with Gasteiger partial charge in [-0.3, -0.25) is 9.89 Å². The molecule has 1 aliphatic rings. The molecule has 0 bridgehead atoms. The van der Waals surface area contributed by atoms with Crippen LogP contribution in [0.25, 0.3) is 0 Å². The monoisotopic (exact) mass is 395 g/mol. The summed E-state index contributed by atoms with van der Waals surface area (Å²) in [4.78, 5) is 14.6. The highest BCUT2D eigenvalue weighted by atomic mass is 79.9. The number of hydrogen-bond donors (Lipinski definition) is 1. The standard InChI is InChI=1S/C17H19BrFN3O2/c1-11-15(18)16(21-20-11)17(23)22(10-14-6-3-7-24-14)9-12-4-2-5-13(19)8-12/h2,4-5,8,14H,3,6-7,9-10H2,1H3,(H,20,21)/t14-/m1/s1. The molecule has 1 N–H and O–H groups in total. The summed E-state index contributed by atoms with van der Waals surface area (Å²) in [6, 6.07) is 6.29. The molecule has 0 aliphatic carbocycles. The van der Waals surface area contributed by atoms with E-state index < -0.39 is 0 Å². The smallest absolute Gasteiger partial charge is 0.275 e. The van der Waals surface area contributed by atoms with Crippen LogP contribution in [0.3, 0.4) is 0 Å². The van der Waals surface area contributed by atoms with Crippen molar-refractivity contribution in [2.45, 2.75) is 32.4 Å². The zero-order chi connectivity index (χ0) is 17.1.